The molecule has 14 nitrogen and oxygen atoms in total. The third-order valence-corrected chi connectivity index (χ3v) is 12.0. The van der Waals surface area contributed by atoms with Crippen LogP contribution in [0, 0.1) is 5.82 Å². The number of carboxylic acid groups (broad SMARTS) is 1. The Kier molecular flexibility index (Phi) is 14.3. The van der Waals surface area contributed by atoms with Crippen molar-refractivity contribution in [3.8, 4) is 39.2 Å². The van der Waals surface area contributed by atoms with Crippen molar-refractivity contribution in [3.05, 3.63) is 112 Å². The Labute approximate surface area is 370 Å². The van der Waals surface area contributed by atoms with E-state index < -0.39 is 23.8 Å². The van der Waals surface area contributed by atoms with Crippen LogP contribution in [-0.2, 0) is 33.8 Å². The van der Waals surface area contributed by atoms with Crippen LogP contribution in [-0.4, -0.2) is 105 Å². The molecule has 0 spiro atoms. The summed E-state index contributed by atoms with van der Waals surface area (Å²) < 4.78 is 43.9. The zero-order chi connectivity index (χ0) is 43.8. The molecule has 1 amide bonds. The van der Waals surface area contributed by atoms with Gasteiger partial charge in [0, 0.05) is 45.3 Å². The number of thiophene rings is 1. The molecule has 1 aliphatic heterocycles. The molecule has 1 unspecified atom stereocenters. The Hall–Kier alpha value is -5.75. The summed E-state index contributed by atoms with van der Waals surface area (Å²) in [6, 6.07) is 20.6. The minimum atomic E-state index is -1.44. The first kappa shape index (κ1) is 44.3. The van der Waals surface area contributed by atoms with Gasteiger partial charge in [-0.2, -0.15) is 0 Å². The molecule has 0 aliphatic carbocycles. The average Bonchev–Trinajstić information content (AvgIpc) is 3.61. The van der Waals surface area contributed by atoms with Crippen LogP contribution in [0.25, 0.3) is 32.0 Å². The monoisotopic (exact) mass is 928 g/mol. The van der Waals surface area contributed by atoms with E-state index in [1.54, 1.807) is 42.5 Å². The van der Waals surface area contributed by atoms with E-state index in [2.05, 4.69) is 35.8 Å². The fourth-order valence-corrected chi connectivity index (χ4v) is 8.74. The molecule has 324 valence electrons. The number of methoxy groups -OCH3 is 1. The van der Waals surface area contributed by atoms with Crippen molar-refractivity contribution < 1.29 is 42.8 Å². The largest absolute Gasteiger partial charge is 0.496 e. The molecule has 1 aliphatic rings. The lowest BCUT2D eigenvalue weighted by Gasteiger charge is -2.31. The summed E-state index contributed by atoms with van der Waals surface area (Å²) in [7, 11) is 1.58. The fourth-order valence-electron chi connectivity index (χ4n) is 6.75. The van der Waals surface area contributed by atoms with E-state index in [4.69, 9.17) is 28.7 Å². The summed E-state index contributed by atoms with van der Waals surface area (Å²) in [6.45, 7) is 9.46. The lowest BCUT2D eigenvalue weighted by atomic mass is 10.0. The molecule has 0 bridgehead atoms. The van der Waals surface area contributed by atoms with E-state index in [1.165, 1.54) is 29.8 Å². The number of ether oxygens (including phenoxy) is 5. The molecule has 17 heteroatoms. The van der Waals surface area contributed by atoms with Crippen LogP contribution in [0.15, 0.2) is 89.8 Å². The number of aromatic nitrogens is 4. The van der Waals surface area contributed by atoms with E-state index in [0.29, 0.717) is 75.1 Å². The molecule has 1 N–H and O–H groups in total. The number of halogens is 2. The summed E-state index contributed by atoms with van der Waals surface area (Å²) in [5.41, 5.74) is 2.53. The molecule has 1 atom stereocenters. The topological polar surface area (TPSA) is 159 Å². The van der Waals surface area contributed by atoms with Gasteiger partial charge in [0.05, 0.1) is 46.3 Å². The molecule has 4 heterocycles. The third kappa shape index (κ3) is 11.2. The second-order valence-electron chi connectivity index (χ2n) is 15.4. The molecule has 0 radical (unpaired) electrons. The van der Waals surface area contributed by atoms with E-state index in [0.717, 1.165) is 29.1 Å². The zero-order valence-corrected chi connectivity index (χ0v) is 37.1. The number of fused-ring (bicyclic) bond motifs is 1. The molecule has 1 fully saturated rings. The number of aliphatic carboxylic acids is 1. The number of para-hydroxylation sites is 1. The lowest BCUT2D eigenvalue weighted by Crippen LogP contribution is -2.44. The van der Waals surface area contributed by atoms with Crippen LogP contribution in [0.4, 0.5) is 9.18 Å². The van der Waals surface area contributed by atoms with Gasteiger partial charge < -0.3 is 33.7 Å². The number of carbonyl (C=O) groups is 2. The second kappa shape index (κ2) is 20.0. The number of hydrogen-bond donors (Lipinski definition) is 1. The average molecular weight is 930 g/mol. The maximum atomic E-state index is 13.8. The molecule has 1 saturated heterocycles. The van der Waals surface area contributed by atoms with Gasteiger partial charge in [-0.25, -0.2) is 33.9 Å². The van der Waals surface area contributed by atoms with Crippen molar-refractivity contribution in [2.75, 3.05) is 46.5 Å². The van der Waals surface area contributed by atoms with Gasteiger partial charge in [-0.15, -0.1) is 11.3 Å². The van der Waals surface area contributed by atoms with Crippen LogP contribution in [0.1, 0.15) is 37.6 Å². The quantitative estimate of drug-likeness (QED) is 0.0987. The standard InChI is InChI=1S/C45H46BrFN6O8S/c1-45(2,3)61-44(56)53(18-17-52-19-21-58-22-20-52)25-28-9-14-34(59-26-32-15-16-48-40(51-32)33-7-5-6-8-35(33)57-4)30(23-28)24-36(43(54)55)60-41-37-38(46)39(62-42(37)50-27-49-41)29-10-12-31(47)13-11-29/h5-16,23,27,36H,17-22,24-26H2,1-4H3,(H,54,55). The van der Waals surface area contributed by atoms with Gasteiger partial charge in [0.25, 0.3) is 0 Å². The highest BCUT2D eigenvalue weighted by atomic mass is 79.9. The van der Waals surface area contributed by atoms with Crippen LogP contribution in [0.2, 0.25) is 0 Å². The Morgan fingerprint density at radius 3 is 2.53 bits per heavy atom. The number of nitrogens with zero attached hydrogens (tertiary/aromatic N) is 6. The first-order valence-electron chi connectivity index (χ1n) is 19.9. The number of morpholine rings is 1. The van der Waals surface area contributed by atoms with Crippen molar-refractivity contribution in [3.63, 3.8) is 0 Å². The molecule has 3 aromatic carbocycles. The van der Waals surface area contributed by atoms with Gasteiger partial charge in [-0.1, -0.05) is 36.4 Å². The van der Waals surface area contributed by atoms with Crippen LogP contribution >= 0.6 is 27.3 Å². The normalized spacial score (nSPS) is 13.7. The molecule has 62 heavy (non-hydrogen) atoms. The van der Waals surface area contributed by atoms with E-state index in [9.17, 15) is 19.1 Å². The number of amides is 1. The van der Waals surface area contributed by atoms with E-state index in [1.807, 2.05) is 57.2 Å². The molecule has 3 aromatic heterocycles. The van der Waals surface area contributed by atoms with Crippen molar-refractivity contribution in [1.82, 2.24) is 29.7 Å². The maximum Gasteiger partial charge on any atom is 0.410 e. The Balaban J connectivity index is 1.20. The summed E-state index contributed by atoms with van der Waals surface area (Å²) in [4.78, 5) is 49.8. The number of rotatable bonds is 16. The van der Waals surface area contributed by atoms with Gasteiger partial charge in [0.15, 0.2) is 5.82 Å². The minimum absolute atomic E-state index is 0.0275. The first-order valence-corrected chi connectivity index (χ1v) is 21.5. The van der Waals surface area contributed by atoms with Crippen molar-refractivity contribution in [2.45, 2.75) is 52.0 Å². The minimum Gasteiger partial charge on any atom is -0.496 e. The second-order valence-corrected chi connectivity index (χ2v) is 17.2. The van der Waals surface area contributed by atoms with Crippen molar-refractivity contribution in [1.29, 1.82) is 0 Å². The van der Waals surface area contributed by atoms with Crippen molar-refractivity contribution in [2.24, 2.45) is 0 Å². The molecule has 7 rings (SSSR count). The number of carbonyl (C=O) groups excluding carboxylic acids is 1. The summed E-state index contributed by atoms with van der Waals surface area (Å²) in [6.07, 6.45) is 0.897. The summed E-state index contributed by atoms with van der Waals surface area (Å²) >= 11 is 4.99. The van der Waals surface area contributed by atoms with Crippen LogP contribution in [0.5, 0.6) is 17.4 Å². The molecular weight excluding hydrogens is 883 g/mol. The summed E-state index contributed by atoms with van der Waals surface area (Å²) in [5.74, 6) is -0.0854. The summed E-state index contributed by atoms with van der Waals surface area (Å²) in [5, 5.41) is 11.1. The number of hydrogen-bond acceptors (Lipinski definition) is 13. The van der Waals surface area contributed by atoms with Gasteiger partial charge >= 0.3 is 12.1 Å². The van der Waals surface area contributed by atoms with Gasteiger partial charge in [0.1, 0.15) is 40.7 Å². The van der Waals surface area contributed by atoms with Crippen molar-refractivity contribution >= 4 is 49.5 Å². The highest BCUT2D eigenvalue weighted by Crippen LogP contribution is 2.44. The Morgan fingerprint density at radius 2 is 1.79 bits per heavy atom. The van der Waals surface area contributed by atoms with Crippen LogP contribution < -0.4 is 14.2 Å². The molecule has 0 saturated carbocycles. The highest BCUT2D eigenvalue weighted by molar-refractivity contribution is 9.10. The number of benzene rings is 3. The predicted molar refractivity (Wildman–Crippen MR) is 235 cm³/mol. The Morgan fingerprint density at radius 1 is 1.02 bits per heavy atom. The predicted octanol–water partition coefficient (Wildman–Crippen LogP) is 8.45. The first-order chi connectivity index (χ1) is 29.8. The fraction of sp³-hybridized carbons (Fsp3) is 0.333. The SMILES string of the molecule is COc1ccccc1-c1nccc(COc2ccc(CN(CCN3CCOCC3)C(=O)OC(C)(C)C)cc2CC(Oc2ncnc3sc(-c4ccc(F)cc4)c(Br)c23)C(=O)O)n1. The van der Waals surface area contributed by atoms with Crippen LogP contribution in [0.3, 0.4) is 0 Å². The van der Waals surface area contributed by atoms with E-state index in [-0.39, 0.29) is 31.3 Å². The molecular formula is C45H46BrFN6O8S. The highest BCUT2D eigenvalue weighted by Gasteiger charge is 2.28. The van der Waals surface area contributed by atoms with Gasteiger partial charge in [-0.3, -0.25) is 4.90 Å². The van der Waals surface area contributed by atoms with E-state index >= 15 is 0 Å². The lowest BCUT2D eigenvalue weighted by molar-refractivity contribution is -0.145. The maximum absolute atomic E-state index is 13.8. The third-order valence-electron chi connectivity index (χ3n) is 9.81. The Bertz CT molecular complexity index is 2510. The zero-order valence-electron chi connectivity index (χ0n) is 34.7. The molecule has 6 aromatic rings. The van der Waals surface area contributed by atoms with Gasteiger partial charge in [0.2, 0.25) is 12.0 Å². The smallest absolute Gasteiger partial charge is 0.410 e. The number of carboxylic acids is 1. The van der Waals surface area contributed by atoms with Gasteiger partial charge in [-0.05, 0) is 89.8 Å².